The van der Waals surface area contributed by atoms with E-state index in [0.717, 1.165) is 58.8 Å². The smallest absolute Gasteiger partial charge is 0.223 e. The zero-order valence-electron chi connectivity index (χ0n) is 25.0. The molecule has 0 atom stereocenters. The number of halogens is 1. The molecule has 4 heterocycles. The number of nitrogens with one attached hydrogen (secondary N) is 1. The summed E-state index contributed by atoms with van der Waals surface area (Å²) in [6.45, 7) is 3.96. The van der Waals surface area contributed by atoms with E-state index in [1.807, 2.05) is 35.1 Å². The number of nitrogens with zero attached hydrogens (tertiary/aromatic N) is 5. The third-order valence-corrected chi connectivity index (χ3v) is 10.7. The predicted octanol–water partition coefficient (Wildman–Crippen LogP) is 7.39. The summed E-state index contributed by atoms with van der Waals surface area (Å²) >= 11 is 8.40. The van der Waals surface area contributed by atoms with Crippen LogP contribution in [0.25, 0.3) is 27.5 Å². The van der Waals surface area contributed by atoms with Crippen LogP contribution in [0.4, 0.5) is 5.13 Å². The zero-order chi connectivity index (χ0) is 30.2. The van der Waals surface area contributed by atoms with Crippen molar-refractivity contribution >= 4 is 39.8 Å². The molecule has 228 valence electrons. The lowest BCUT2D eigenvalue weighted by Gasteiger charge is -2.38. The maximum absolute atomic E-state index is 13.4. The number of thiazole rings is 1. The Labute approximate surface area is 266 Å². The lowest BCUT2D eigenvalue weighted by Crippen LogP contribution is -2.41. The number of aromatic nitrogens is 4. The first kappa shape index (κ1) is 29.3. The quantitative estimate of drug-likeness (QED) is 0.215. The molecule has 0 bridgehead atoms. The highest BCUT2D eigenvalue weighted by Crippen LogP contribution is 2.45. The number of anilines is 1. The first-order chi connectivity index (χ1) is 21.4. The Morgan fingerprint density at radius 1 is 1.07 bits per heavy atom. The lowest BCUT2D eigenvalue weighted by molar-refractivity contribution is -0.114. The van der Waals surface area contributed by atoms with E-state index in [-0.39, 0.29) is 11.7 Å². The number of amides is 1. The molecule has 1 aromatic carbocycles. The SMILES string of the molecule is CC(=O)Nc1nc2c(s1)-c1c(c(-c3cccnc3)nn1-c1ccc(C(=O)CC3CCC(N4CCCCC4)CC3)cc1Cl)CC2. The second-order valence-corrected chi connectivity index (χ2v) is 13.8. The van der Waals surface area contributed by atoms with Gasteiger partial charge in [0.2, 0.25) is 5.91 Å². The molecule has 2 fully saturated rings. The Hall–Kier alpha value is -3.40. The Morgan fingerprint density at radius 3 is 2.61 bits per heavy atom. The van der Waals surface area contributed by atoms with E-state index in [2.05, 4.69) is 15.2 Å². The molecule has 7 rings (SSSR count). The molecule has 2 aliphatic carbocycles. The molecular weight excluding hydrogens is 592 g/mol. The Bertz CT molecular complexity index is 1690. The largest absolute Gasteiger partial charge is 0.302 e. The predicted molar refractivity (Wildman–Crippen MR) is 175 cm³/mol. The maximum atomic E-state index is 13.4. The van der Waals surface area contributed by atoms with Gasteiger partial charge >= 0.3 is 0 Å². The molecule has 1 N–H and O–H groups in total. The minimum Gasteiger partial charge on any atom is -0.302 e. The average Bonchev–Trinajstić information content (AvgIpc) is 3.63. The molecule has 10 heteroatoms. The van der Waals surface area contributed by atoms with Crippen LogP contribution in [0, 0.1) is 5.92 Å². The van der Waals surface area contributed by atoms with Crippen LogP contribution in [0.2, 0.25) is 5.02 Å². The molecule has 0 radical (unpaired) electrons. The summed E-state index contributed by atoms with van der Waals surface area (Å²) in [5, 5.41) is 8.96. The number of aryl methyl sites for hydroxylation is 1. The highest BCUT2D eigenvalue weighted by molar-refractivity contribution is 7.19. The van der Waals surface area contributed by atoms with Gasteiger partial charge in [-0.25, -0.2) is 9.67 Å². The Morgan fingerprint density at radius 2 is 1.89 bits per heavy atom. The number of Topliss-reactive ketones (excluding diaryl/α,β-unsaturated/α-hetero) is 1. The molecule has 8 nitrogen and oxygen atoms in total. The number of carbonyl (C=O) groups is 2. The summed E-state index contributed by atoms with van der Waals surface area (Å²) in [5.41, 5.74) is 6.09. The molecule has 3 aromatic heterocycles. The van der Waals surface area contributed by atoms with E-state index in [1.165, 1.54) is 63.5 Å². The number of piperidine rings is 1. The normalized spacial score (nSPS) is 20.1. The number of hydrogen-bond donors (Lipinski definition) is 1. The number of rotatable bonds is 7. The van der Waals surface area contributed by atoms with Crippen molar-refractivity contribution in [2.75, 3.05) is 18.4 Å². The van der Waals surface area contributed by atoms with Gasteiger partial charge in [-0.2, -0.15) is 5.10 Å². The van der Waals surface area contributed by atoms with Crippen LogP contribution in [0.3, 0.4) is 0 Å². The van der Waals surface area contributed by atoms with Crippen molar-refractivity contribution in [2.24, 2.45) is 5.92 Å². The number of hydrogen-bond acceptors (Lipinski definition) is 7. The van der Waals surface area contributed by atoms with Gasteiger partial charge in [0, 0.05) is 48.5 Å². The lowest BCUT2D eigenvalue weighted by atomic mass is 9.81. The van der Waals surface area contributed by atoms with E-state index in [9.17, 15) is 9.59 Å². The molecular formula is C34H37ClN6O2S. The van der Waals surface area contributed by atoms with Crippen molar-refractivity contribution in [1.82, 2.24) is 24.6 Å². The molecule has 1 aliphatic heterocycles. The molecule has 0 unspecified atom stereocenters. The standard InChI is InChI=1S/C34H37ClN6O2S/c1-21(42)37-34-38-28-13-12-26-31(24-6-5-15-36-20-24)39-41(32(26)33(28)44-34)29-14-9-23(19-27(29)35)30(43)18-22-7-10-25(11-8-22)40-16-3-2-4-17-40/h5-6,9,14-15,19-20,22,25H,2-4,7-8,10-13,16-18H2,1H3,(H,37,38,42). The van der Waals surface area contributed by atoms with Gasteiger partial charge in [-0.05, 0) is 101 Å². The fraction of sp³-hybridized carbons (Fsp3) is 0.441. The van der Waals surface area contributed by atoms with Crippen molar-refractivity contribution < 1.29 is 9.59 Å². The van der Waals surface area contributed by atoms with Crippen LogP contribution in [-0.4, -0.2) is 55.5 Å². The van der Waals surface area contributed by atoms with Crippen LogP contribution in [-0.2, 0) is 17.6 Å². The molecule has 1 saturated heterocycles. The highest BCUT2D eigenvalue weighted by atomic mass is 35.5. The topological polar surface area (TPSA) is 93.0 Å². The van der Waals surface area contributed by atoms with Crippen LogP contribution in [0.15, 0.2) is 42.7 Å². The molecule has 0 spiro atoms. The van der Waals surface area contributed by atoms with E-state index in [0.29, 0.717) is 39.8 Å². The Balaban J connectivity index is 1.15. The second-order valence-electron chi connectivity index (χ2n) is 12.4. The molecule has 1 saturated carbocycles. The summed E-state index contributed by atoms with van der Waals surface area (Å²) in [6.07, 6.45) is 14.3. The van der Waals surface area contributed by atoms with Crippen LogP contribution < -0.4 is 5.32 Å². The van der Waals surface area contributed by atoms with E-state index >= 15 is 0 Å². The number of ketones is 1. The summed E-state index contributed by atoms with van der Waals surface area (Å²) in [4.78, 5) is 37.9. The number of pyridine rings is 1. The van der Waals surface area contributed by atoms with Gasteiger partial charge in [0.25, 0.3) is 0 Å². The minimum atomic E-state index is -0.153. The summed E-state index contributed by atoms with van der Waals surface area (Å²) in [7, 11) is 0. The van der Waals surface area contributed by atoms with Crippen molar-refractivity contribution in [1.29, 1.82) is 0 Å². The van der Waals surface area contributed by atoms with E-state index in [4.69, 9.17) is 21.7 Å². The van der Waals surface area contributed by atoms with Gasteiger partial charge in [0.05, 0.1) is 32.7 Å². The van der Waals surface area contributed by atoms with Crippen molar-refractivity contribution in [3.63, 3.8) is 0 Å². The number of benzene rings is 1. The van der Waals surface area contributed by atoms with Crippen molar-refractivity contribution in [2.45, 2.75) is 77.2 Å². The third kappa shape index (κ3) is 5.85. The molecule has 3 aliphatic rings. The van der Waals surface area contributed by atoms with Crippen molar-refractivity contribution in [3.05, 3.63) is 64.6 Å². The van der Waals surface area contributed by atoms with Gasteiger partial charge < -0.3 is 10.2 Å². The van der Waals surface area contributed by atoms with Gasteiger partial charge in [-0.3, -0.25) is 14.6 Å². The fourth-order valence-electron chi connectivity index (χ4n) is 7.21. The Kier molecular flexibility index (Phi) is 8.35. The molecule has 4 aromatic rings. The van der Waals surface area contributed by atoms with Gasteiger partial charge in [-0.15, -0.1) is 0 Å². The van der Waals surface area contributed by atoms with Crippen LogP contribution in [0.5, 0.6) is 0 Å². The molecule has 44 heavy (non-hydrogen) atoms. The van der Waals surface area contributed by atoms with Crippen LogP contribution >= 0.6 is 22.9 Å². The summed E-state index contributed by atoms with van der Waals surface area (Å²) in [6, 6.07) is 10.2. The number of likely N-dealkylation sites (tertiary alicyclic amines) is 1. The number of fused-ring (bicyclic) bond motifs is 3. The second kappa shape index (κ2) is 12.5. The summed E-state index contributed by atoms with van der Waals surface area (Å²) < 4.78 is 1.88. The van der Waals surface area contributed by atoms with E-state index in [1.54, 1.807) is 12.3 Å². The van der Waals surface area contributed by atoms with Gasteiger partial charge in [0.15, 0.2) is 10.9 Å². The first-order valence-corrected chi connectivity index (χ1v) is 17.0. The van der Waals surface area contributed by atoms with Crippen molar-refractivity contribution in [3.8, 4) is 27.5 Å². The van der Waals surface area contributed by atoms with Gasteiger partial charge in [0.1, 0.15) is 0 Å². The fourth-order valence-corrected chi connectivity index (χ4v) is 8.59. The van der Waals surface area contributed by atoms with Gasteiger partial charge in [-0.1, -0.05) is 29.4 Å². The zero-order valence-corrected chi connectivity index (χ0v) is 26.6. The summed E-state index contributed by atoms with van der Waals surface area (Å²) in [5.74, 6) is 0.437. The average molecular weight is 629 g/mol. The third-order valence-electron chi connectivity index (χ3n) is 9.42. The van der Waals surface area contributed by atoms with E-state index < -0.39 is 0 Å². The highest BCUT2D eigenvalue weighted by Gasteiger charge is 2.31. The maximum Gasteiger partial charge on any atom is 0.223 e. The number of carbonyl (C=O) groups excluding carboxylic acids is 2. The first-order valence-electron chi connectivity index (χ1n) is 15.8. The van der Waals surface area contributed by atoms with Crippen LogP contribution in [0.1, 0.15) is 79.9 Å². The monoisotopic (exact) mass is 628 g/mol. The minimum absolute atomic E-state index is 0.153. The molecule has 1 amide bonds.